The largest absolute Gasteiger partial charge is 3.00 e. The molecule has 0 N–H and O–H groups in total. The summed E-state index contributed by atoms with van der Waals surface area (Å²) < 4.78 is 0. The molecule has 1 radical (unpaired) electrons. The van der Waals surface area contributed by atoms with Crippen molar-refractivity contribution in [3.8, 4) is 0 Å². The smallest absolute Gasteiger partial charge is 1.00 e. The molecule has 0 aliphatic rings. The summed E-state index contributed by atoms with van der Waals surface area (Å²) in [5.41, 5.74) is 13.1. The van der Waals surface area contributed by atoms with Crippen LogP contribution in [0.1, 0.15) is 91.9 Å². The molecule has 0 atom stereocenters. The van der Waals surface area contributed by atoms with Gasteiger partial charge in [0.05, 0.1) is 35.2 Å². The van der Waals surface area contributed by atoms with Crippen molar-refractivity contribution >= 4 is 23.8 Å². The van der Waals surface area contributed by atoms with Crippen LogP contribution in [0.4, 0.5) is 11.4 Å². The number of halogens is 3. The summed E-state index contributed by atoms with van der Waals surface area (Å²) >= 11 is 0. The Morgan fingerprint density at radius 2 is 0.846 bits per heavy atom. The fourth-order valence-corrected chi connectivity index (χ4v) is 4.60. The Labute approximate surface area is 288 Å². The number of hydrogen-bond donors (Lipinski definition) is 0. The molecule has 3 rings (SSSR count). The van der Waals surface area contributed by atoms with E-state index in [1.807, 2.05) is 12.4 Å². The number of rotatable bonds is 10. The Morgan fingerprint density at radius 1 is 0.538 bits per heavy atom. The van der Waals surface area contributed by atoms with Crippen LogP contribution < -0.4 is 37.2 Å². The van der Waals surface area contributed by atoms with Gasteiger partial charge in [0.25, 0.3) is 0 Å². The molecule has 0 fully saturated rings. The third-order valence-electron chi connectivity index (χ3n) is 6.66. The molecule has 209 valence electrons. The van der Waals surface area contributed by atoms with Crippen LogP contribution in [0.15, 0.2) is 46.4 Å². The maximum absolute atomic E-state index is 4.94. The van der Waals surface area contributed by atoms with E-state index < -0.39 is 0 Å². The van der Waals surface area contributed by atoms with E-state index in [2.05, 4.69) is 84.9 Å². The van der Waals surface area contributed by atoms with Crippen molar-refractivity contribution in [3.05, 3.63) is 86.7 Å². The number of benzene rings is 2. The fraction of sp³-hybridized carbons (Fsp3) is 0.406. The minimum Gasteiger partial charge on any atom is -1.00 e. The van der Waals surface area contributed by atoms with E-state index in [1.54, 1.807) is 0 Å². The number of pyridine rings is 1. The summed E-state index contributed by atoms with van der Waals surface area (Å²) in [4.78, 5) is 14.7. The summed E-state index contributed by atoms with van der Waals surface area (Å²) in [6.07, 6.45) is 9.82. The Morgan fingerprint density at radius 3 is 1.10 bits per heavy atom. The second kappa shape index (κ2) is 20.1. The Hall–Kier alpha value is -0.849. The SMILES string of the molecule is CCc1cc(CC)c(N=Cc2cc(C)cc(C=Nc3c(CC)cc(CC)cc3CC)n2)c(CC)c1.[Cl-].[Cl-].[Cl-].[Nd+3]. The van der Waals surface area contributed by atoms with Gasteiger partial charge in [0.1, 0.15) is 0 Å². The maximum Gasteiger partial charge on any atom is 3.00 e. The van der Waals surface area contributed by atoms with E-state index in [1.165, 1.54) is 33.4 Å². The van der Waals surface area contributed by atoms with Crippen LogP contribution in [0.5, 0.6) is 0 Å². The topological polar surface area (TPSA) is 37.6 Å². The number of aromatic nitrogens is 1. The van der Waals surface area contributed by atoms with Crippen molar-refractivity contribution in [1.82, 2.24) is 4.98 Å². The van der Waals surface area contributed by atoms with E-state index >= 15 is 0 Å². The van der Waals surface area contributed by atoms with E-state index in [-0.39, 0.29) is 78.1 Å². The van der Waals surface area contributed by atoms with Crippen molar-refractivity contribution in [2.24, 2.45) is 9.98 Å². The van der Waals surface area contributed by atoms with Crippen LogP contribution in [0, 0.1) is 47.8 Å². The maximum atomic E-state index is 4.94. The zero-order chi connectivity index (χ0) is 25.4. The predicted molar refractivity (Wildman–Crippen MR) is 153 cm³/mol. The summed E-state index contributed by atoms with van der Waals surface area (Å²) in [6.45, 7) is 15.3. The number of nitrogens with zero attached hydrogens (tertiary/aromatic N) is 3. The molecule has 0 aliphatic heterocycles. The molecule has 3 nitrogen and oxygen atoms in total. The van der Waals surface area contributed by atoms with Crippen molar-refractivity contribution in [2.75, 3.05) is 0 Å². The average Bonchev–Trinajstić information content (AvgIpc) is 2.89. The molecule has 3 aromatic rings. The van der Waals surface area contributed by atoms with Gasteiger partial charge in [-0.25, -0.2) is 4.98 Å². The molecule has 1 heterocycles. The van der Waals surface area contributed by atoms with Crippen molar-refractivity contribution in [1.29, 1.82) is 0 Å². The second-order valence-corrected chi connectivity index (χ2v) is 9.16. The quantitative estimate of drug-likeness (QED) is 0.256. The second-order valence-electron chi connectivity index (χ2n) is 9.16. The number of hydrogen-bond acceptors (Lipinski definition) is 3. The molecular weight excluding hydrogens is 677 g/mol. The Bertz CT molecular complexity index is 1100. The molecule has 2 aromatic carbocycles. The minimum atomic E-state index is 0. The predicted octanol–water partition coefficient (Wildman–Crippen LogP) is -0.722. The van der Waals surface area contributed by atoms with Crippen LogP contribution in [0.25, 0.3) is 0 Å². The van der Waals surface area contributed by atoms with Crippen molar-refractivity contribution in [3.63, 3.8) is 0 Å². The monoisotopic (exact) mass is 714 g/mol. The molecule has 7 heteroatoms. The molecular formula is C32H41Cl3N3Nd. The van der Waals surface area contributed by atoms with Gasteiger partial charge >= 0.3 is 40.8 Å². The first kappa shape index (κ1) is 40.3. The van der Waals surface area contributed by atoms with Gasteiger partial charge in [-0.15, -0.1) is 0 Å². The van der Waals surface area contributed by atoms with Crippen molar-refractivity contribution in [2.45, 2.75) is 87.0 Å². The third kappa shape index (κ3) is 10.8. The minimum absolute atomic E-state index is 0. The van der Waals surface area contributed by atoms with Crippen LogP contribution >= 0.6 is 0 Å². The van der Waals surface area contributed by atoms with Gasteiger partial charge < -0.3 is 37.2 Å². The van der Waals surface area contributed by atoms with Gasteiger partial charge in [-0.1, -0.05) is 65.8 Å². The molecule has 0 saturated heterocycles. The first-order valence-corrected chi connectivity index (χ1v) is 13.3. The molecule has 0 bridgehead atoms. The summed E-state index contributed by atoms with van der Waals surface area (Å²) in [5, 5.41) is 0. The molecule has 0 spiro atoms. The van der Waals surface area contributed by atoms with Gasteiger partial charge in [-0.2, -0.15) is 0 Å². The zero-order valence-electron chi connectivity index (χ0n) is 24.3. The first-order valence-electron chi connectivity index (χ1n) is 13.3. The average molecular weight is 718 g/mol. The van der Waals surface area contributed by atoms with Gasteiger partial charge in [-0.3, -0.25) is 9.98 Å². The van der Waals surface area contributed by atoms with Gasteiger partial charge in [0.2, 0.25) is 0 Å². The number of aryl methyl sites for hydroxylation is 7. The standard InChI is InChI=1S/C32H41N3.3ClH.Nd/c1-8-23-16-25(10-3)31(26(11-4)17-23)33-20-29-14-22(7)15-30(35-29)21-34-32-27(12-5)18-24(9-2)19-28(32)13-6;;;;/h14-21H,8-13H2,1-7H3;3*1H;/q;;;;+3/p-3. The molecule has 0 aliphatic carbocycles. The summed E-state index contributed by atoms with van der Waals surface area (Å²) in [7, 11) is 0. The van der Waals surface area contributed by atoms with Gasteiger partial charge in [0, 0.05) is 0 Å². The van der Waals surface area contributed by atoms with Crippen LogP contribution in [0.3, 0.4) is 0 Å². The van der Waals surface area contributed by atoms with Crippen molar-refractivity contribution < 1.29 is 78.1 Å². The van der Waals surface area contributed by atoms with Crippen LogP contribution in [-0.2, 0) is 38.5 Å². The normalized spacial score (nSPS) is 10.5. The van der Waals surface area contributed by atoms with E-state index in [4.69, 9.17) is 15.0 Å². The Balaban J connectivity index is 0. The molecule has 1 aromatic heterocycles. The summed E-state index contributed by atoms with van der Waals surface area (Å²) in [5.74, 6) is 0. The molecule has 0 amide bonds. The number of aliphatic imine (C=N–C) groups is 2. The van der Waals surface area contributed by atoms with Gasteiger partial charge in [0.15, 0.2) is 0 Å². The fourth-order valence-electron chi connectivity index (χ4n) is 4.60. The molecule has 0 saturated carbocycles. The van der Waals surface area contributed by atoms with E-state index in [9.17, 15) is 0 Å². The third-order valence-corrected chi connectivity index (χ3v) is 6.66. The molecule has 39 heavy (non-hydrogen) atoms. The van der Waals surface area contributed by atoms with Crippen LogP contribution in [0.2, 0.25) is 0 Å². The first-order chi connectivity index (χ1) is 17.0. The summed E-state index contributed by atoms with van der Waals surface area (Å²) in [6, 6.07) is 13.4. The Kier molecular flexibility index (Phi) is 20.8. The van der Waals surface area contributed by atoms with Gasteiger partial charge in [-0.05, 0) is 96.5 Å². The van der Waals surface area contributed by atoms with E-state index in [0.717, 1.165) is 66.9 Å². The van der Waals surface area contributed by atoms with E-state index in [0.29, 0.717) is 0 Å². The molecule has 0 unspecified atom stereocenters. The van der Waals surface area contributed by atoms with Crippen LogP contribution in [-0.4, -0.2) is 17.4 Å². The zero-order valence-corrected chi connectivity index (χ0v) is 29.8.